The summed E-state index contributed by atoms with van der Waals surface area (Å²) < 4.78 is 11.1. The van der Waals surface area contributed by atoms with Crippen LogP contribution in [0.25, 0.3) is 0 Å². The number of piperazine rings is 1. The summed E-state index contributed by atoms with van der Waals surface area (Å²) in [6.07, 6.45) is -0.423. The van der Waals surface area contributed by atoms with E-state index in [1.165, 1.54) is 0 Å². The number of nitrogens with two attached hydrogens (primary N) is 1. The first kappa shape index (κ1) is 18.8. The van der Waals surface area contributed by atoms with E-state index in [-0.39, 0.29) is 52.4 Å². The third-order valence-electron chi connectivity index (χ3n) is 4.11. The Morgan fingerprint density at radius 3 is 2.69 bits per heavy atom. The largest absolute Gasteiger partial charge is 0.489 e. The lowest BCUT2D eigenvalue weighted by Crippen LogP contribution is -2.58. The van der Waals surface area contributed by atoms with Crippen molar-refractivity contribution in [1.82, 2.24) is 14.8 Å². The van der Waals surface area contributed by atoms with Gasteiger partial charge < -0.3 is 25.0 Å². The zero-order chi connectivity index (χ0) is 19.2. The van der Waals surface area contributed by atoms with E-state index in [0.29, 0.717) is 13.1 Å². The molecule has 0 radical (unpaired) electrons. The van der Waals surface area contributed by atoms with Gasteiger partial charge in [0.2, 0.25) is 0 Å². The number of hydrogen-bond donors (Lipinski definition) is 1. The average molecular weight is 403 g/mol. The van der Waals surface area contributed by atoms with E-state index in [2.05, 4.69) is 4.98 Å². The number of fused-ring (bicyclic) bond motifs is 2. The van der Waals surface area contributed by atoms with Gasteiger partial charge in [-0.1, -0.05) is 23.2 Å². The molecule has 2 N–H and O–H groups in total. The first-order chi connectivity index (χ1) is 12.1. The minimum Gasteiger partial charge on any atom is -0.489 e. The second kappa shape index (κ2) is 6.66. The quantitative estimate of drug-likeness (QED) is 0.669. The topological polar surface area (TPSA) is 98.0 Å². The van der Waals surface area contributed by atoms with Gasteiger partial charge in [-0.15, -0.1) is 0 Å². The number of rotatable bonds is 0. The van der Waals surface area contributed by atoms with Gasteiger partial charge >= 0.3 is 6.09 Å². The Morgan fingerprint density at radius 1 is 1.35 bits per heavy atom. The molecule has 1 aromatic heterocycles. The maximum atomic E-state index is 13.0. The van der Waals surface area contributed by atoms with Crippen LogP contribution in [0, 0.1) is 0 Å². The van der Waals surface area contributed by atoms with Crippen LogP contribution in [0.15, 0.2) is 0 Å². The van der Waals surface area contributed by atoms with E-state index in [9.17, 15) is 9.59 Å². The van der Waals surface area contributed by atoms with E-state index in [1.807, 2.05) is 0 Å². The molecular formula is C16H20Cl2N4O4. The fourth-order valence-corrected chi connectivity index (χ4v) is 3.32. The van der Waals surface area contributed by atoms with Crippen LogP contribution in [0.1, 0.15) is 31.1 Å². The Kier molecular flexibility index (Phi) is 4.83. The number of anilines is 1. The molecule has 0 spiro atoms. The summed E-state index contributed by atoms with van der Waals surface area (Å²) in [5, 5.41) is 0.0269. The highest BCUT2D eigenvalue weighted by Crippen LogP contribution is 2.39. The number of amides is 2. The highest BCUT2D eigenvalue weighted by molar-refractivity contribution is 6.42. The Morgan fingerprint density at radius 2 is 2.04 bits per heavy atom. The standard InChI is InChI=1S/C16H20Cl2N4O4/c1-16(2,3)26-15(24)21-4-5-22-8(6-21)7-25-11-9(14(22)23)13(19)20-12(18)10(11)17/h8H,4-7H2,1-3H3,(H2,19,20)/t8-/m1/s1. The lowest BCUT2D eigenvalue weighted by atomic mass is 10.1. The van der Waals surface area contributed by atoms with Crippen LogP contribution in [-0.2, 0) is 4.74 Å². The molecule has 2 aliphatic rings. The lowest BCUT2D eigenvalue weighted by Gasteiger charge is -2.40. The minimum atomic E-state index is -0.593. The SMILES string of the molecule is CC(C)(C)OC(=O)N1CCN2C(=O)c3c(N)nc(Cl)c(Cl)c3OC[C@H]2C1. The Balaban J connectivity index is 1.84. The molecule has 3 rings (SSSR count). The van der Waals surface area contributed by atoms with Crippen LogP contribution in [0.4, 0.5) is 10.6 Å². The van der Waals surface area contributed by atoms with Crippen molar-refractivity contribution >= 4 is 41.0 Å². The number of carbonyl (C=O) groups excluding carboxylic acids is 2. The second-order valence-electron chi connectivity index (χ2n) is 7.20. The molecule has 1 atom stereocenters. The van der Waals surface area contributed by atoms with Gasteiger partial charge in [0.1, 0.15) is 28.6 Å². The van der Waals surface area contributed by atoms with Crippen molar-refractivity contribution in [3.8, 4) is 5.75 Å². The van der Waals surface area contributed by atoms with Gasteiger partial charge in [-0.3, -0.25) is 4.79 Å². The molecule has 8 nitrogen and oxygen atoms in total. The number of nitrogens with zero attached hydrogens (tertiary/aromatic N) is 3. The summed E-state index contributed by atoms with van der Waals surface area (Å²) in [7, 11) is 0. The fourth-order valence-electron chi connectivity index (χ4n) is 2.95. The van der Waals surface area contributed by atoms with E-state index < -0.39 is 11.7 Å². The molecule has 3 heterocycles. The summed E-state index contributed by atoms with van der Waals surface area (Å²) in [6.45, 7) is 6.52. The Bertz CT molecular complexity index is 766. The number of ether oxygens (including phenoxy) is 2. The zero-order valence-electron chi connectivity index (χ0n) is 14.7. The van der Waals surface area contributed by atoms with Crippen molar-refractivity contribution in [2.45, 2.75) is 32.4 Å². The van der Waals surface area contributed by atoms with Gasteiger partial charge in [-0.25, -0.2) is 9.78 Å². The van der Waals surface area contributed by atoms with Crippen molar-refractivity contribution in [2.24, 2.45) is 0 Å². The normalized spacial score (nSPS) is 20.0. The third-order valence-corrected chi connectivity index (χ3v) is 4.83. The van der Waals surface area contributed by atoms with E-state index >= 15 is 0 Å². The Labute approximate surface area is 161 Å². The summed E-state index contributed by atoms with van der Waals surface area (Å²) in [5.41, 5.74) is 5.38. The smallest absolute Gasteiger partial charge is 0.410 e. The third kappa shape index (κ3) is 3.48. The minimum absolute atomic E-state index is 0.0222. The average Bonchev–Trinajstić information content (AvgIpc) is 2.68. The summed E-state index contributed by atoms with van der Waals surface area (Å²) >= 11 is 12.1. The number of pyridine rings is 1. The predicted octanol–water partition coefficient (Wildman–Crippen LogP) is 2.42. The molecule has 0 unspecified atom stereocenters. The van der Waals surface area contributed by atoms with E-state index in [4.69, 9.17) is 38.4 Å². The molecule has 2 aliphatic heterocycles. The van der Waals surface area contributed by atoms with Crippen LogP contribution in [0.3, 0.4) is 0 Å². The fraction of sp³-hybridized carbons (Fsp3) is 0.562. The first-order valence-electron chi connectivity index (χ1n) is 8.14. The number of carbonyl (C=O) groups is 2. The second-order valence-corrected chi connectivity index (χ2v) is 7.93. The number of halogens is 2. The van der Waals surface area contributed by atoms with E-state index in [0.717, 1.165) is 0 Å². The van der Waals surface area contributed by atoms with Crippen molar-refractivity contribution in [3.63, 3.8) is 0 Å². The molecule has 0 bridgehead atoms. The van der Waals surface area contributed by atoms with Gasteiger partial charge in [0.05, 0.1) is 6.04 Å². The predicted molar refractivity (Wildman–Crippen MR) is 96.8 cm³/mol. The lowest BCUT2D eigenvalue weighted by molar-refractivity contribution is 0.000959. The van der Waals surface area contributed by atoms with Crippen LogP contribution in [0.2, 0.25) is 10.2 Å². The molecule has 2 amide bonds. The summed E-state index contributed by atoms with van der Waals surface area (Å²) in [4.78, 5) is 32.4. The van der Waals surface area contributed by atoms with E-state index in [1.54, 1.807) is 30.6 Å². The molecule has 1 saturated heterocycles. The van der Waals surface area contributed by atoms with Crippen LogP contribution >= 0.6 is 23.2 Å². The van der Waals surface area contributed by atoms with Gasteiger partial charge in [-0.2, -0.15) is 0 Å². The van der Waals surface area contributed by atoms with Gasteiger partial charge in [0.25, 0.3) is 5.91 Å². The summed E-state index contributed by atoms with van der Waals surface area (Å²) in [5.74, 6) is -0.239. The van der Waals surface area contributed by atoms with Crippen molar-refractivity contribution in [3.05, 3.63) is 15.7 Å². The highest BCUT2D eigenvalue weighted by Gasteiger charge is 2.40. The number of hydrogen-bond acceptors (Lipinski definition) is 6. The van der Waals surface area contributed by atoms with Crippen LogP contribution < -0.4 is 10.5 Å². The first-order valence-corrected chi connectivity index (χ1v) is 8.90. The molecule has 1 fully saturated rings. The maximum absolute atomic E-state index is 13.0. The van der Waals surface area contributed by atoms with Crippen molar-refractivity contribution < 1.29 is 19.1 Å². The molecule has 0 aliphatic carbocycles. The Hall–Kier alpha value is -1.93. The van der Waals surface area contributed by atoms with Crippen LogP contribution in [-0.4, -0.2) is 64.7 Å². The van der Waals surface area contributed by atoms with Crippen LogP contribution in [0.5, 0.6) is 5.75 Å². The molecule has 10 heteroatoms. The van der Waals surface area contributed by atoms with Gasteiger partial charge in [0, 0.05) is 19.6 Å². The molecule has 142 valence electrons. The molecular weight excluding hydrogens is 383 g/mol. The molecule has 0 aromatic carbocycles. The maximum Gasteiger partial charge on any atom is 0.410 e. The van der Waals surface area contributed by atoms with Crippen molar-refractivity contribution in [2.75, 3.05) is 32.0 Å². The zero-order valence-corrected chi connectivity index (χ0v) is 16.2. The molecule has 26 heavy (non-hydrogen) atoms. The van der Waals surface area contributed by atoms with Gasteiger partial charge in [0.15, 0.2) is 10.9 Å². The number of nitrogen functional groups attached to an aromatic ring is 1. The molecule has 1 aromatic rings. The number of aromatic nitrogens is 1. The van der Waals surface area contributed by atoms with Crippen molar-refractivity contribution in [1.29, 1.82) is 0 Å². The molecule has 0 saturated carbocycles. The monoisotopic (exact) mass is 402 g/mol. The van der Waals surface area contributed by atoms with Gasteiger partial charge in [-0.05, 0) is 20.8 Å². The highest BCUT2D eigenvalue weighted by atomic mass is 35.5. The summed E-state index contributed by atoms with van der Waals surface area (Å²) in [6, 6.07) is -0.356.